The van der Waals surface area contributed by atoms with Gasteiger partial charge in [0.1, 0.15) is 12.4 Å². The number of allylic oxidation sites excluding steroid dienone is 1. The Kier molecular flexibility index (Phi) is 6.26. The molecule has 0 bridgehead atoms. The van der Waals surface area contributed by atoms with E-state index < -0.39 is 0 Å². The van der Waals surface area contributed by atoms with E-state index in [0.717, 1.165) is 23.3 Å². The molecule has 0 aliphatic rings. The van der Waals surface area contributed by atoms with Crippen molar-refractivity contribution in [2.75, 3.05) is 6.61 Å². The van der Waals surface area contributed by atoms with Crippen LogP contribution in [0.15, 0.2) is 60.7 Å². The number of ether oxygens (including phenoxy) is 1. The lowest BCUT2D eigenvalue weighted by atomic mass is 10.0. The van der Waals surface area contributed by atoms with E-state index in [4.69, 9.17) is 10.00 Å². The van der Waals surface area contributed by atoms with Crippen molar-refractivity contribution < 1.29 is 4.74 Å². The second kappa shape index (κ2) is 8.69. The molecule has 0 aliphatic carbocycles. The van der Waals surface area contributed by atoms with Crippen molar-refractivity contribution in [2.24, 2.45) is 0 Å². The maximum atomic E-state index is 8.81. The summed E-state index contributed by atoms with van der Waals surface area (Å²) in [6.07, 6.45) is 7.83. The van der Waals surface area contributed by atoms with Gasteiger partial charge in [-0.2, -0.15) is 5.26 Å². The Labute approximate surface area is 132 Å². The van der Waals surface area contributed by atoms with Gasteiger partial charge in [-0.15, -0.1) is 0 Å². The summed E-state index contributed by atoms with van der Waals surface area (Å²) < 4.78 is 5.68. The van der Waals surface area contributed by atoms with Crippen LogP contribution < -0.4 is 4.74 Å². The summed E-state index contributed by atoms with van der Waals surface area (Å²) in [6.45, 7) is 2.81. The summed E-state index contributed by atoms with van der Waals surface area (Å²) in [5.41, 5.74) is 2.90. The summed E-state index contributed by atoms with van der Waals surface area (Å²) in [4.78, 5) is 0. The van der Waals surface area contributed by atoms with E-state index in [1.807, 2.05) is 48.5 Å². The van der Waals surface area contributed by atoms with Gasteiger partial charge in [-0.25, -0.2) is 0 Å². The summed E-state index contributed by atoms with van der Waals surface area (Å²) in [6, 6.07) is 17.8. The molecule has 0 atom stereocenters. The number of nitrogens with zero attached hydrogens (tertiary/aromatic N) is 1. The highest BCUT2D eigenvalue weighted by atomic mass is 16.5. The third-order valence-corrected chi connectivity index (χ3v) is 3.44. The number of hydrogen-bond donors (Lipinski definition) is 0. The first kappa shape index (κ1) is 15.9. The molecule has 0 saturated carbocycles. The summed E-state index contributed by atoms with van der Waals surface area (Å²) in [7, 11) is 0. The molecular formula is C20H21NO. The van der Waals surface area contributed by atoms with E-state index in [0.29, 0.717) is 12.2 Å². The van der Waals surface area contributed by atoms with Crippen molar-refractivity contribution in [3.05, 3.63) is 66.2 Å². The molecule has 0 spiro atoms. The molecule has 0 aromatic heterocycles. The van der Waals surface area contributed by atoms with Crippen LogP contribution in [-0.2, 0) is 0 Å². The Morgan fingerprint density at radius 1 is 0.955 bits per heavy atom. The molecule has 2 aromatic carbocycles. The third kappa shape index (κ3) is 4.79. The van der Waals surface area contributed by atoms with Crippen LogP contribution >= 0.6 is 0 Å². The largest absolute Gasteiger partial charge is 0.490 e. The van der Waals surface area contributed by atoms with E-state index in [9.17, 15) is 0 Å². The lowest BCUT2D eigenvalue weighted by Gasteiger charge is -2.05. The molecule has 0 unspecified atom stereocenters. The van der Waals surface area contributed by atoms with E-state index in [1.165, 1.54) is 12.8 Å². The van der Waals surface area contributed by atoms with Gasteiger partial charge in [0.05, 0.1) is 11.6 Å². The van der Waals surface area contributed by atoms with Crippen LogP contribution in [0, 0.1) is 11.3 Å². The van der Waals surface area contributed by atoms with Gasteiger partial charge in [0.15, 0.2) is 0 Å². The quantitative estimate of drug-likeness (QED) is 0.509. The highest BCUT2D eigenvalue weighted by Gasteiger charge is 1.99. The highest BCUT2D eigenvalue weighted by molar-refractivity contribution is 5.64. The van der Waals surface area contributed by atoms with E-state index in [2.05, 4.69) is 25.1 Å². The smallest absolute Gasteiger partial charge is 0.119 e. The molecule has 0 fully saturated rings. The molecular weight excluding hydrogens is 270 g/mol. The second-order valence-corrected chi connectivity index (χ2v) is 5.14. The zero-order chi connectivity index (χ0) is 15.6. The van der Waals surface area contributed by atoms with E-state index >= 15 is 0 Å². The van der Waals surface area contributed by atoms with Gasteiger partial charge in [0.25, 0.3) is 0 Å². The summed E-state index contributed by atoms with van der Waals surface area (Å²) in [5.74, 6) is 0.873. The minimum absolute atomic E-state index is 0.611. The van der Waals surface area contributed by atoms with Crippen LogP contribution in [0.4, 0.5) is 0 Å². The molecule has 112 valence electrons. The maximum absolute atomic E-state index is 8.81. The van der Waals surface area contributed by atoms with E-state index in [-0.39, 0.29) is 0 Å². The molecule has 0 amide bonds. The number of hydrogen-bond acceptors (Lipinski definition) is 2. The number of nitriles is 1. The van der Waals surface area contributed by atoms with Crippen LogP contribution in [0.1, 0.15) is 31.7 Å². The first-order valence-corrected chi connectivity index (χ1v) is 7.72. The molecule has 0 saturated heterocycles. The average Bonchev–Trinajstić information content (AvgIpc) is 2.59. The van der Waals surface area contributed by atoms with E-state index in [1.54, 1.807) is 0 Å². The van der Waals surface area contributed by atoms with Crippen molar-refractivity contribution in [1.82, 2.24) is 0 Å². The molecule has 2 aromatic rings. The van der Waals surface area contributed by atoms with Gasteiger partial charge >= 0.3 is 0 Å². The number of rotatable bonds is 7. The Morgan fingerprint density at radius 2 is 1.59 bits per heavy atom. The Morgan fingerprint density at radius 3 is 2.18 bits per heavy atom. The zero-order valence-electron chi connectivity index (χ0n) is 13.0. The van der Waals surface area contributed by atoms with Gasteiger partial charge in [0.2, 0.25) is 0 Å². The lowest BCUT2D eigenvalue weighted by molar-refractivity contribution is 0.362. The fourth-order valence-corrected chi connectivity index (χ4v) is 2.13. The average molecular weight is 291 g/mol. The van der Waals surface area contributed by atoms with Gasteiger partial charge < -0.3 is 4.74 Å². The predicted molar refractivity (Wildman–Crippen MR) is 90.8 cm³/mol. The van der Waals surface area contributed by atoms with Crippen LogP contribution in [0.2, 0.25) is 0 Å². The fraction of sp³-hybridized carbons (Fsp3) is 0.250. The normalized spacial score (nSPS) is 10.5. The Balaban J connectivity index is 1.89. The fourth-order valence-electron chi connectivity index (χ4n) is 2.13. The SMILES string of the molecule is CCCCC=CCOc1ccc(-c2ccc(C#N)cc2)cc1. The van der Waals surface area contributed by atoms with Gasteiger partial charge in [-0.1, -0.05) is 56.2 Å². The first-order chi connectivity index (χ1) is 10.8. The van der Waals surface area contributed by atoms with Crippen molar-refractivity contribution in [2.45, 2.75) is 26.2 Å². The van der Waals surface area contributed by atoms with Gasteiger partial charge in [-0.05, 0) is 41.8 Å². The highest BCUT2D eigenvalue weighted by Crippen LogP contribution is 2.22. The van der Waals surface area contributed by atoms with Gasteiger partial charge in [-0.3, -0.25) is 0 Å². The van der Waals surface area contributed by atoms with Crippen LogP contribution in [0.3, 0.4) is 0 Å². The lowest BCUT2D eigenvalue weighted by Crippen LogP contribution is -1.93. The van der Waals surface area contributed by atoms with Crippen LogP contribution in [0.25, 0.3) is 11.1 Å². The minimum atomic E-state index is 0.611. The number of unbranched alkanes of at least 4 members (excludes halogenated alkanes) is 2. The molecule has 2 nitrogen and oxygen atoms in total. The minimum Gasteiger partial charge on any atom is -0.490 e. The molecule has 0 N–H and O–H groups in total. The van der Waals surface area contributed by atoms with Crippen LogP contribution in [-0.4, -0.2) is 6.61 Å². The summed E-state index contributed by atoms with van der Waals surface area (Å²) in [5, 5.41) is 8.81. The monoisotopic (exact) mass is 291 g/mol. The summed E-state index contributed by atoms with van der Waals surface area (Å²) >= 11 is 0. The number of benzene rings is 2. The first-order valence-electron chi connectivity index (χ1n) is 7.72. The van der Waals surface area contributed by atoms with Gasteiger partial charge in [0, 0.05) is 0 Å². The standard InChI is InChI=1S/C20H21NO/c1-2-3-4-5-6-15-22-20-13-11-19(12-14-20)18-9-7-17(16-21)8-10-18/h5-14H,2-4,15H2,1H3. The van der Waals surface area contributed by atoms with Crippen molar-refractivity contribution >= 4 is 0 Å². The zero-order valence-corrected chi connectivity index (χ0v) is 13.0. The van der Waals surface area contributed by atoms with Crippen molar-refractivity contribution in [3.63, 3.8) is 0 Å². The van der Waals surface area contributed by atoms with Crippen molar-refractivity contribution in [1.29, 1.82) is 5.26 Å². The molecule has 22 heavy (non-hydrogen) atoms. The topological polar surface area (TPSA) is 33.0 Å². The van der Waals surface area contributed by atoms with Crippen molar-refractivity contribution in [3.8, 4) is 22.9 Å². The molecule has 0 radical (unpaired) electrons. The molecule has 0 aliphatic heterocycles. The molecule has 0 heterocycles. The second-order valence-electron chi connectivity index (χ2n) is 5.14. The Bertz CT molecular complexity index is 633. The Hall–Kier alpha value is -2.53. The predicted octanol–water partition coefficient (Wildman–Crippen LogP) is 5.35. The molecule has 2 rings (SSSR count). The molecule has 2 heteroatoms. The maximum Gasteiger partial charge on any atom is 0.119 e. The van der Waals surface area contributed by atoms with Crippen LogP contribution in [0.5, 0.6) is 5.75 Å². The third-order valence-electron chi connectivity index (χ3n) is 3.44.